The van der Waals surface area contributed by atoms with Crippen molar-refractivity contribution in [2.75, 3.05) is 7.11 Å². The largest absolute Gasteiger partial charge is 0.497 e. The molecule has 32 heavy (non-hydrogen) atoms. The second-order valence-corrected chi connectivity index (χ2v) is 9.38. The minimum Gasteiger partial charge on any atom is -0.497 e. The van der Waals surface area contributed by atoms with Crippen molar-refractivity contribution in [3.05, 3.63) is 77.0 Å². The van der Waals surface area contributed by atoms with Gasteiger partial charge in [0.15, 0.2) is 5.78 Å². The van der Waals surface area contributed by atoms with Gasteiger partial charge in [0.2, 0.25) is 0 Å². The highest BCUT2D eigenvalue weighted by molar-refractivity contribution is 6.09. The molecule has 0 N–H and O–H groups in total. The number of methoxy groups -OCH3 is 1. The van der Waals surface area contributed by atoms with Crippen LogP contribution in [-0.2, 0) is 20.9 Å². The average molecular weight is 432 g/mol. The number of ether oxygens (including phenoxy) is 2. The Morgan fingerprint density at radius 3 is 2.56 bits per heavy atom. The monoisotopic (exact) mass is 431 g/mol. The summed E-state index contributed by atoms with van der Waals surface area (Å²) in [4.78, 5) is 31.5. The molecule has 166 valence electrons. The van der Waals surface area contributed by atoms with E-state index in [4.69, 9.17) is 14.5 Å². The van der Waals surface area contributed by atoms with E-state index in [1.54, 1.807) is 7.11 Å². The summed E-state index contributed by atoms with van der Waals surface area (Å²) in [5.74, 6) is -0.725. The molecule has 2 aliphatic rings. The molecule has 0 aromatic heterocycles. The van der Waals surface area contributed by atoms with E-state index >= 15 is 0 Å². The number of carbonyl (C=O) groups is 2. The zero-order valence-corrected chi connectivity index (χ0v) is 19.1. The Morgan fingerprint density at radius 1 is 1.09 bits per heavy atom. The molecule has 0 bridgehead atoms. The van der Waals surface area contributed by atoms with Crippen molar-refractivity contribution in [3.63, 3.8) is 0 Å². The predicted octanol–water partition coefficient (Wildman–Crippen LogP) is 5.26. The first-order valence-electron chi connectivity index (χ1n) is 10.9. The van der Waals surface area contributed by atoms with Crippen LogP contribution in [0.3, 0.4) is 0 Å². The van der Waals surface area contributed by atoms with Crippen molar-refractivity contribution in [2.24, 2.45) is 16.3 Å². The Morgan fingerprint density at radius 2 is 1.84 bits per heavy atom. The van der Waals surface area contributed by atoms with Gasteiger partial charge in [0, 0.05) is 29.3 Å². The van der Waals surface area contributed by atoms with Gasteiger partial charge in [-0.2, -0.15) is 0 Å². The molecule has 0 amide bonds. The van der Waals surface area contributed by atoms with Crippen molar-refractivity contribution in [1.29, 1.82) is 0 Å². The van der Waals surface area contributed by atoms with Crippen LogP contribution in [0.15, 0.2) is 70.9 Å². The van der Waals surface area contributed by atoms with Gasteiger partial charge in [0.25, 0.3) is 0 Å². The number of aliphatic imine (C=N–C) groups is 1. The van der Waals surface area contributed by atoms with Crippen LogP contribution >= 0.6 is 0 Å². The van der Waals surface area contributed by atoms with Crippen LogP contribution in [-0.4, -0.2) is 24.6 Å². The SMILES string of the molecule is COc1cccc([C@H]2C3=C(CC(C)(C)CC3=O)N=C(C)C2C(=O)OCc2ccccc2)c1. The fourth-order valence-electron chi connectivity index (χ4n) is 4.76. The minimum absolute atomic E-state index is 0.0566. The second-order valence-electron chi connectivity index (χ2n) is 9.38. The summed E-state index contributed by atoms with van der Waals surface area (Å²) >= 11 is 0. The fraction of sp³-hybridized carbons (Fsp3) is 0.370. The van der Waals surface area contributed by atoms with E-state index in [1.807, 2.05) is 61.5 Å². The van der Waals surface area contributed by atoms with Crippen molar-refractivity contribution in [2.45, 2.75) is 46.1 Å². The minimum atomic E-state index is -0.658. The van der Waals surface area contributed by atoms with Crippen LogP contribution < -0.4 is 4.74 Å². The normalized spacial score (nSPS) is 22.1. The number of Topliss-reactive ketones (excluding diaryl/α,β-unsaturated/α-hetero) is 1. The first-order valence-corrected chi connectivity index (χ1v) is 10.9. The van der Waals surface area contributed by atoms with Crippen molar-refractivity contribution in [3.8, 4) is 5.75 Å². The molecule has 1 unspecified atom stereocenters. The van der Waals surface area contributed by atoms with E-state index < -0.39 is 11.8 Å². The Labute approximate surface area is 189 Å². The number of ketones is 1. The summed E-state index contributed by atoms with van der Waals surface area (Å²) in [6, 6.07) is 17.2. The van der Waals surface area contributed by atoms with Crippen LogP contribution in [0.4, 0.5) is 0 Å². The number of hydrogen-bond acceptors (Lipinski definition) is 5. The van der Waals surface area contributed by atoms with E-state index in [1.165, 1.54) is 0 Å². The van der Waals surface area contributed by atoms with Gasteiger partial charge < -0.3 is 9.47 Å². The first-order chi connectivity index (χ1) is 15.3. The van der Waals surface area contributed by atoms with E-state index in [0.29, 0.717) is 29.9 Å². The lowest BCUT2D eigenvalue weighted by atomic mass is 9.67. The number of hydrogen-bond donors (Lipinski definition) is 0. The van der Waals surface area contributed by atoms with Gasteiger partial charge in [-0.25, -0.2) is 0 Å². The van der Waals surface area contributed by atoms with E-state index in [9.17, 15) is 9.59 Å². The summed E-state index contributed by atoms with van der Waals surface area (Å²) in [5.41, 5.74) is 3.74. The number of carbonyl (C=O) groups excluding carboxylic acids is 2. The topological polar surface area (TPSA) is 65.0 Å². The number of nitrogens with zero attached hydrogens (tertiary/aromatic N) is 1. The Hall–Kier alpha value is -3.21. The molecule has 0 saturated carbocycles. The molecule has 5 nitrogen and oxygen atoms in total. The standard InChI is InChI=1S/C27H29NO4/c1-17-23(26(30)32-16-18-9-6-5-7-10-18)24(19-11-8-12-20(13-19)31-4)25-21(28-17)14-27(2,3)15-22(25)29/h5-13,23-24H,14-16H2,1-4H3/t23?,24-/m1/s1. The zero-order valence-electron chi connectivity index (χ0n) is 19.1. The van der Waals surface area contributed by atoms with Crippen molar-refractivity contribution >= 4 is 17.5 Å². The lowest BCUT2D eigenvalue weighted by Gasteiger charge is -2.39. The summed E-state index contributed by atoms with van der Waals surface area (Å²) in [6.07, 6.45) is 1.14. The Bertz CT molecular complexity index is 1100. The zero-order chi connectivity index (χ0) is 22.9. The molecular weight excluding hydrogens is 402 g/mol. The predicted molar refractivity (Wildman–Crippen MR) is 124 cm³/mol. The third-order valence-electron chi connectivity index (χ3n) is 6.23. The fourth-order valence-corrected chi connectivity index (χ4v) is 4.76. The first kappa shape index (κ1) is 22.0. The van der Waals surface area contributed by atoms with E-state index in [2.05, 4.69) is 13.8 Å². The van der Waals surface area contributed by atoms with Crippen molar-refractivity contribution in [1.82, 2.24) is 0 Å². The van der Waals surface area contributed by atoms with Crippen LogP contribution in [0.1, 0.15) is 50.7 Å². The maximum atomic E-state index is 13.4. The molecule has 2 aromatic carbocycles. The maximum absolute atomic E-state index is 13.4. The summed E-state index contributed by atoms with van der Waals surface area (Å²) in [6.45, 7) is 6.21. The molecule has 1 aliphatic heterocycles. The van der Waals surface area contributed by atoms with Gasteiger partial charge in [0.1, 0.15) is 18.3 Å². The van der Waals surface area contributed by atoms with Gasteiger partial charge in [-0.05, 0) is 42.0 Å². The number of esters is 1. The molecule has 2 aromatic rings. The van der Waals surface area contributed by atoms with Gasteiger partial charge in [-0.3, -0.25) is 14.6 Å². The highest BCUT2D eigenvalue weighted by atomic mass is 16.5. The maximum Gasteiger partial charge on any atom is 0.315 e. The lowest BCUT2D eigenvalue weighted by Crippen LogP contribution is -2.39. The Balaban J connectivity index is 1.74. The van der Waals surface area contributed by atoms with E-state index in [-0.39, 0.29) is 23.8 Å². The van der Waals surface area contributed by atoms with E-state index in [0.717, 1.165) is 16.8 Å². The molecule has 1 heterocycles. The van der Waals surface area contributed by atoms with Crippen LogP contribution in [0.25, 0.3) is 0 Å². The summed E-state index contributed by atoms with van der Waals surface area (Å²) in [5, 5.41) is 0. The average Bonchev–Trinajstić information content (AvgIpc) is 2.76. The Kier molecular flexibility index (Phi) is 6.00. The van der Waals surface area contributed by atoms with Gasteiger partial charge in [-0.1, -0.05) is 56.3 Å². The molecule has 0 fully saturated rings. The molecule has 0 spiro atoms. The molecule has 5 heteroatoms. The van der Waals surface area contributed by atoms with Gasteiger partial charge in [0.05, 0.1) is 7.11 Å². The van der Waals surface area contributed by atoms with Gasteiger partial charge >= 0.3 is 5.97 Å². The highest BCUT2D eigenvalue weighted by Crippen LogP contribution is 2.48. The smallest absolute Gasteiger partial charge is 0.315 e. The molecular formula is C27H29NO4. The summed E-state index contributed by atoms with van der Waals surface area (Å²) in [7, 11) is 1.61. The molecule has 2 atom stereocenters. The molecule has 1 aliphatic carbocycles. The van der Waals surface area contributed by atoms with Crippen LogP contribution in [0, 0.1) is 11.3 Å². The number of benzene rings is 2. The van der Waals surface area contributed by atoms with Crippen molar-refractivity contribution < 1.29 is 19.1 Å². The third-order valence-corrected chi connectivity index (χ3v) is 6.23. The third kappa shape index (κ3) is 4.38. The van der Waals surface area contributed by atoms with Crippen LogP contribution in [0.2, 0.25) is 0 Å². The van der Waals surface area contributed by atoms with Gasteiger partial charge in [-0.15, -0.1) is 0 Å². The molecule has 0 radical (unpaired) electrons. The van der Waals surface area contributed by atoms with Crippen LogP contribution in [0.5, 0.6) is 5.75 Å². The highest BCUT2D eigenvalue weighted by Gasteiger charge is 2.46. The quantitative estimate of drug-likeness (QED) is 0.606. The number of rotatable bonds is 5. The summed E-state index contributed by atoms with van der Waals surface area (Å²) < 4.78 is 11.1. The molecule has 4 rings (SSSR count). The lowest BCUT2D eigenvalue weighted by molar-refractivity contribution is -0.148. The molecule has 0 saturated heterocycles. The second kappa shape index (κ2) is 8.73. The number of allylic oxidation sites excluding steroid dienone is 2.